The van der Waals surface area contributed by atoms with Gasteiger partial charge in [-0.2, -0.15) is 0 Å². The van der Waals surface area contributed by atoms with E-state index in [9.17, 15) is 9.59 Å². The van der Waals surface area contributed by atoms with Crippen molar-refractivity contribution in [1.82, 2.24) is 4.90 Å². The first-order valence-electron chi connectivity index (χ1n) is 9.02. The SMILES string of the molecule is C=CCN1C(=O)S/C(=C/c2cc(Cl)c(OCc3ccccc3)c(OCC)c2)C1=O. The molecule has 2 aromatic carbocycles. The molecule has 3 rings (SSSR count). The zero-order valence-electron chi connectivity index (χ0n) is 15.9. The molecule has 0 aromatic heterocycles. The average Bonchev–Trinajstić information content (AvgIpc) is 2.96. The highest BCUT2D eigenvalue weighted by Gasteiger charge is 2.34. The molecule has 1 fully saturated rings. The summed E-state index contributed by atoms with van der Waals surface area (Å²) in [7, 11) is 0. The minimum absolute atomic E-state index is 0.180. The van der Waals surface area contributed by atoms with Gasteiger partial charge in [0.2, 0.25) is 0 Å². The van der Waals surface area contributed by atoms with E-state index in [1.807, 2.05) is 37.3 Å². The number of thioether (sulfide) groups is 1. The zero-order valence-corrected chi connectivity index (χ0v) is 17.5. The van der Waals surface area contributed by atoms with E-state index in [0.29, 0.717) is 40.2 Å². The lowest BCUT2D eigenvalue weighted by Gasteiger charge is -2.15. The summed E-state index contributed by atoms with van der Waals surface area (Å²) in [5.74, 6) is 0.570. The molecule has 0 unspecified atom stereocenters. The summed E-state index contributed by atoms with van der Waals surface area (Å²) in [5.41, 5.74) is 1.65. The minimum atomic E-state index is -0.349. The summed E-state index contributed by atoms with van der Waals surface area (Å²) in [6.45, 7) is 6.39. The van der Waals surface area contributed by atoms with Crippen LogP contribution in [0.3, 0.4) is 0 Å². The van der Waals surface area contributed by atoms with Gasteiger partial charge in [-0.15, -0.1) is 6.58 Å². The second kappa shape index (κ2) is 9.67. The van der Waals surface area contributed by atoms with Crippen molar-refractivity contribution in [3.8, 4) is 11.5 Å². The normalized spacial score (nSPS) is 15.1. The third-order valence-corrected chi connectivity index (χ3v) is 5.23. The molecule has 0 aliphatic carbocycles. The average molecular weight is 430 g/mol. The monoisotopic (exact) mass is 429 g/mol. The summed E-state index contributed by atoms with van der Waals surface area (Å²) in [6, 6.07) is 13.2. The first-order valence-corrected chi connectivity index (χ1v) is 10.2. The van der Waals surface area contributed by atoms with Gasteiger partial charge in [0.25, 0.3) is 11.1 Å². The van der Waals surface area contributed by atoms with Crippen molar-refractivity contribution in [2.45, 2.75) is 13.5 Å². The van der Waals surface area contributed by atoms with Gasteiger partial charge in [0.05, 0.1) is 16.5 Å². The molecule has 0 spiro atoms. The van der Waals surface area contributed by atoms with Crippen LogP contribution in [-0.4, -0.2) is 29.2 Å². The van der Waals surface area contributed by atoms with Crippen molar-refractivity contribution in [2.24, 2.45) is 0 Å². The molecule has 1 saturated heterocycles. The summed E-state index contributed by atoms with van der Waals surface area (Å²) in [6.07, 6.45) is 3.14. The van der Waals surface area contributed by atoms with Crippen molar-refractivity contribution in [3.63, 3.8) is 0 Å². The number of nitrogens with zero attached hydrogens (tertiary/aromatic N) is 1. The zero-order chi connectivity index (χ0) is 20.8. The second-order valence-electron chi connectivity index (χ2n) is 6.12. The van der Waals surface area contributed by atoms with Crippen LogP contribution in [0.4, 0.5) is 4.79 Å². The summed E-state index contributed by atoms with van der Waals surface area (Å²) in [4.78, 5) is 25.9. The molecule has 2 amide bonds. The van der Waals surface area contributed by atoms with Crippen molar-refractivity contribution < 1.29 is 19.1 Å². The molecule has 1 aliphatic rings. The van der Waals surface area contributed by atoms with E-state index in [2.05, 4.69) is 6.58 Å². The molecule has 0 radical (unpaired) electrons. The van der Waals surface area contributed by atoms with E-state index in [1.165, 1.54) is 6.08 Å². The predicted octanol–water partition coefficient (Wildman–Crippen LogP) is 5.54. The van der Waals surface area contributed by atoms with Crippen LogP contribution in [0.15, 0.2) is 60.0 Å². The molecule has 1 heterocycles. The number of benzene rings is 2. The van der Waals surface area contributed by atoms with Crippen molar-refractivity contribution in [2.75, 3.05) is 13.2 Å². The molecule has 29 heavy (non-hydrogen) atoms. The lowest BCUT2D eigenvalue weighted by atomic mass is 10.1. The van der Waals surface area contributed by atoms with Crippen LogP contribution in [0.25, 0.3) is 6.08 Å². The number of ether oxygens (including phenoxy) is 2. The third kappa shape index (κ3) is 5.02. The topological polar surface area (TPSA) is 55.8 Å². The van der Waals surface area contributed by atoms with Crippen molar-refractivity contribution in [3.05, 3.63) is 76.2 Å². The molecular formula is C22H20ClNO4S. The van der Waals surface area contributed by atoms with Crippen molar-refractivity contribution >= 4 is 40.6 Å². The molecule has 7 heteroatoms. The number of carbonyl (C=O) groups is 2. The van der Waals surface area contributed by atoms with Gasteiger partial charge in [0.1, 0.15) is 6.61 Å². The van der Waals surface area contributed by atoms with Gasteiger partial charge in [0.15, 0.2) is 11.5 Å². The van der Waals surface area contributed by atoms with Crippen LogP contribution in [-0.2, 0) is 11.4 Å². The Morgan fingerprint density at radius 1 is 1.17 bits per heavy atom. The number of imide groups is 1. The first-order chi connectivity index (χ1) is 14.0. The highest BCUT2D eigenvalue weighted by Crippen LogP contribution is 2.39. The fourth-order valence-corrected chi connectivity index (χ4v) is 3.86. The number of amides is 2. The Bertz CT molecular complexity index is 959. The van der Waals surface area contributed by atoms with Gasteiger partial charge in [-0.3, -0.25) is 14.5 Å². The van der Waals surface area contributed by atoms with Crippen LogP contribution in [0.5, 0.6) is 11.5 Å². The third-order valence-electron chi connectivity index (χ3n) is 4.04. The van der Waals surface area contributed by atoms with Gasteiger partial charge in [-0.05, 0) is 48.0 Å². The minimum Gasteiger partial charge on any atom is -0.490 e. The lowest BCUT2D eigenvalue weighted by molar-refractivity contribution is -0.122. The van der Waals surface area contributed by atoms with Crippen LogP contribution in [0.1, 0.15) is 18.1 Å². The maximum Gasteiger partial charge on any atom is 0.293 e. The molecule has 0 bridgehead atoms. The van der Waals surface area contributed by atoms with E-state index in [1.54, 1.807) is 18.2 Å². The van der Waals surface area contributed by atoms with Gasteiger partial charge >= 0.3 is 0 Å². The van der Waals surface area contributed by atoms with Gasteiger partial charge in [0, 0.05) is 6.54 Å². The summed E-state index contributed by atoms with van der Waals surface area (Å²) >= 11 is 7.34. The smallest absolute Gasteiger partial charge is 0.293 e. The van der Waals surface area contributed by atoms with Crippen LogP contribution < -0.4 is 9.47 Å². The van der Waals surface area contributed by atoms with Crippen LogP contribution in [0, 0.1) is 0 Å². The first kappa shape index (κ1) is 21.0. The molecule has 150 valence electrons. The van der Waals surface area contributed by atoms with Crippen LogP contribution >= 0.6 is 23.4 Å². The summed E-state index contributed by atoms with van der Waals surface area (Å²) < 4.78 is 11.6. The Hall–Kier alpha value is -2.70. The maximum atomic E-state index is 12.4. The number of hydrogen-bond acceptors (Lipinski definition) is 5. The van der Waals surface area contributed by atoms with E-state index in [4.69, 9.17) is 21.1 Å². The van der Waals surface area contributed by atoms with E-state index in [-0.39, 0.29) is 17.7 Å². The van der Waals surface area contributed by atoms with E-state index >= 15 is 0 Å². The molecule has 5 nitrogen and oxygen atoms in total. The Labute approximate surface area is 178 Å². The van der Waals surface area contributed by atoms with E-state index in [0.717, 1.165) is 22.2 Å². The Balaban J connectivity index is 1.87. The van der Waals surface area contributed by atoms with Crippen molar-refractivity contribution in [1.29, 1.82) is 0 Å². The number of rotatable bonds is 8. The van der Waals surface area contributed by atoms with Gasteiger partial charge in [-0.25, -0.2) is 0 Å². The predicted molar refractivity (Wildman–Crippen MR) is 116 cm³/mol. The highest BCUT2D eigenvalue weighted by atomic mass is 35.5. The number of carbonyl (C=O) groups excluding carboxylic acids is 2. The largest absolute Gasteiger partial charge is 0.490 e. The Morgan fingerprint density at radius 2 is 1.93 bits per heavy atom. The van der Waals surface area contributed by atoms with E-state index < -0.39 is 0 Å². The molecule has 2 aromatic rings. The molecule has 0 atom stereocenters. The maximum absolute atomic E-state index is 12.4. The quantitative estimate of drug-likeness (QED) is 0.407. The summed E-state index contributed by atoms with van der Waals surface area (Å²) in [5, 5.41) is 0.0449. The van der Waals surface area contributed by atoms with Gasteiger partial charge < -0.3 is 9.47 Å². The Morgan fingerprint density at radius 3 is 2.62 bits per heavy atom. The molecular weight excluding hydrogens is 410 g/mol. The molecule has 0 N–H and O–H groups in total. The fraction of sp³-hybridized carbons (Fsp3) is 0.182. The molecule has 0 saturated carbocycles. The number of hydrogen-bond donors (Lipinski definition) is 0. The standard InChI is InChI=1S/C22H20ClNO4S/c1-3-10-24-21(25)19(29-22(24)26)13-16-11-17(23)20(18(12-16)27-4-2)28-14-15-8-6-5-7-9-15/h3,5-9,11-13H,1,4,10,14H2,2H3/b19-13+. The highest BCUT2D eigenvalue weighted by molar-refractivity contribution is 8.18. The van der Waals surface area contributed by atoms with Gasteiger partial charge in [-0.1, -0.05) is 48.0 Å². The Kier molecular flexibility index (Phi) is 7.01. The second-order valence-corrected chi connectivity index (χ2v) is 7.52. The lowest BCUT2D eigenvalue weighted by Crippen LogP contribution is -2.27. The molecule has 1 aliphatic heterocycles. The number of halogens is 1. The van der Waals surface area contributed by atoms with Crippen LogP contribution in [0.2, 0.25) is 5.02 Å². The fourth-order valence-electron chi connectivity index (χ4n) is 2.74.